The maximum Gasteiger partial charge on any atom is 0.0589 e. The van der Waals surface area contributed by atoms with Crippen LogP contribution in [0.3, 0.4) is 0 Å². The highest BCUT2D eigenvalue weighted by molar-refractivity contribution is 4.85. The summed E-state index contributed by atoms with van der Waals surface area (Å²) in [5.74, 6) is 0. The van der Waals surface area contributed by atoms with Crippen LogP contribution in [0.4, 0.5) is 0 Å². The molecule has 1 fully saturated rings. The van der Waals surface area contributed by atoms with E-state index < -0.39 is 0 Å². The van der Waals surface area contributed by atoms with Gasteiger partial charge in [0.15, 0.2) is 0 Å². The van der Waals surface area contributed by atoms with Gasteiger partial charge < -0.3 is 10.1 Å². The summed E-state index contributed by atoms with van der Waals surface area (Å²) in [6.07, 6.45) is 3.93. The molecule has 0 unspecified atom stereocenters. The van der Waals surface area contributed by atoms with Crippen LogP contribution in [0.2, 0.25) is 0 Å². The monoisotopic (exact) mass is 228 g/mol. The van der Waals surface area contributed by atoms with Crippen molar-refractivity contribution >= 4 is 0 Å². The van der Waals surface area contributed by atoms with E-state index in [0.29, 0.717) is 0 Å². The van der Waals surface area contributed by atoms with Crippen molar-refractivity contribution in [3.05, 3.63) is 0 Å². The molecule has 0 aromatic carbocycles. The molecule has 0 spiro atoms. The first-order valence-electron chi connectivity index (χ1n) is 6.57. The van der Waals surface area contributed by atoms with Gasteiger partial charge in [-0.2, -0.15) is 0 Å². The molecule has 0 radical (unpaired) electrons. The second kappa shape index (κ2) is 6.58. The molecule has 0 saturated heterocycles. The minimum Gasteiger partial charge on any atom is -0.383 e. The third-order valence-electron chi connectivity index (χ3n) is 3.53. The third-order valence-corrected chi connectivity index (χ3v) is 3.53. The molecule has 1 aliphatic rings. The molecule has 1 aliphatic carbocycles. The summed E-state index contributed by atoms with van der Waals surface area (Å²) in [6.45, 7) is 10.9. The average molecular weight is 228 g/mol. The molecule has 0 aromatic rings. The first-order valence-corrected chi connectivity index (χ1v) is 6.57. The fraction of sp³-hybridized carbons (Fsp3) is 1.00. The van der Waals surface area contributed by atoms with E-state index >= 15 is 0 Å². The van der Waals surface area contributed by atoms with Gasteiger partial charge in [0.25, 0.3) is 0 Å². The Kier molecular flexibility index (Phi) is 5.73. The van der Waals surface area contributed by atoms with Crippen LogP contribution in [0.25, 0.3) is 0 Å². The van der Waals surface area contributed by atoms with Crippen LogP contribution in [0.5, 0.6) is 0 Å². The van der Waals surface area contributed by atoms with Crippen molar-refractivity contribution in [2.24, 2.45) is 0 Å². The Balaban J connectivity index is 2.17. The SMILES string of the molecule is CCC(C)(C)NCCN(CCOC)C1CC1. The lowest BCUT2D eigenvalue weighted by Crippen LogP contribution is -2.44. The number of hydrogen-bond acceptors (Lipinski definition) is 3. The second-order valence-corrected chi connectivity index (χ2v) is 5.42. The zero-order valence-corrected chi connectivity index (χ0v) is 11.4. The molecule has 1 saturated carbocycles. The van der Waals surface area contributed by atoms with Gasteiger partial charge >= 0.3 is 0 Å². The minimum absolute atomic E-state index is 0.274. The van der Waals surface area contributed by atoms with Crippen LogP contribution < -0.4 is 5.32 Å². The minimum atomic E-state index is 0.274. The topological polar surface area (TPSA) is 24.5 Å². The lowest BCUT2D eigenvalue weighted by molar-refractivity contribution is 0.142. The highest BCUT2D eigenvalue weighted by atomic mass is 16.5. The molecule has 16 heavy (non-hydrogen) atoms. The number of methoxy groups -OCH3 is 1. The van der Waals surface area contributed by atoms with E-state index in [1.54, 1.807) is 7.11 Å². The number of nitrogens with one attached hydrogen (secondary N) is 1. The van der Waals surface area contributed by atoms with Crippen molar-refractivity contribution in [1.82, 2.24) is 10.2 Å². The standard InChI is InChI=1S/C13H28N2O/c1-5-13(2,3)14-8-9-15(10-11-16-4)12-6-7-12/h12,14H,5-11H2,1-4H3. The van der Waals surface area contributed by atoms with Crippen molar-refractivity contribution in [2.75, 3.05) is 33.4 Å². The van der Waals surface area contributed by atoms with Gasteiger partial charge in [-0.05, 0) is 33.1 Å². The normalized spacial score (nSPS) is 17.1. The fourth-order valence-electron chi connectivity index (χ4n) is 1.79. The Morgan fingerprint density at radius 1 is 1.31 bits per heavy atom. The highest BCUT2D eigenvalue weighted by Crippen LogP contribution is 2.26. The van der Waals surface area contributed by atoms with Gasteiger partial charge in [-0.3, -0.25) is 4.90 Å². The molecular formula is C13H28N2O. The third kappa shape index (κ3) is 5.28. The van der Waals surface area contributed by atoms with E-state index in [4.69, 9.17) is 4.74 Å². The van der Waals surface area contributed by atoms with E-state index in [2.05, 4.69) is 31.0 Å². The van der Waals surface area contributed by atoms with E-state index in [9.17, 15) is 0 Å². The van der Waals surface area contributed by atoms with Crippen molar-refractivity contribution in [3.8, 4) is 0 Å². The van der Waals surface area contributed by atoms with Crippen LogP contribution in [-0.4, -0.2) is 49.8 Å². The molecule has 0 aliphatic heterocycles. The molecule has 0 bridgehead atoms. The maximum absolute atomic E-state index is 5.16. The highest BCUT2D eigenvalue weighted by Gasteiger charge is 2.28. The average Bonchev–Trinajstić information content (AvgIpc) is 3.07. The zero-order valence-electron chi connectivity index (χ0n) is 11.4. The van der Waals surface area contributed by atoms with E-state index in [1.807, 2.05) is 0 Å². The van der Waals surface area contributed by atoms with E-state index in [0.717, 1.165) is 32.3 Å². The number of hydrogen-bond donors (Lipinski definition) is 1. The van der Waals surface area contributed by atoms with E-state index in [-0.39, 0.29) is 5.54 Å². The van der Waals surface area contributed by atoms with Gasteiger partial charge in [-0.1, -0.05) is 6.92 Å². The van der Waals surface area contributed by atoms with Crippen molar-refractivity contribution < 1.29 is 4.74 Å². The fourth-order valence-corrected chi connectivity index (χ4v) is 1.79. The van der Waals surface area contributed by atoms with Crippen molar-refractivity contribution in [2.45, 2.75) is 51.6 Å². The lowest BCUT2D eigenvalue weighted by atomic mass is 10.0. The van der Waals surface area contributed by atoms with Gasteiger partial charge in [0.2, 0.25) is 0 Å². The Bertz CT molecular complexity index is 190. The van der Waals surface area contributed by atoms with Crippen LogP contribution in [0.1, 0.15) is 40.0 Å². The molecule has 3 heteroatoms. The van der Waals surface area contributed by atoms with E-state index in [1.165, 1.54) is 19.3 Å². The second-order valence-electron chi connectivity index (χ2n) is 5.42. The molecule has 96 valence electrons. The van der Waals surface area contributed by atoms with Crippen molar-refractivity contribution in [1.29, 1.82) is 0 Å². The smallest absolute Gasteiger partial charge is 0.0589 e. The summed E-state index contributed by atoms with van der Waals surface area (Å²) in [6, 6.07) is 0.835. The zero-order chi connectivity index (χ0) is 12.0. The molecule has 0 atom stereocenters. The number of nitrogens with zero attached hydrogens (tertiary/aromatic N) is 1. The lowest BCUT2D eigenvalue weighted by Gasteiger charge is -2.28. The summed E-state index contributed by atoms with van der Waals surface area (Å²) >= 11 is 0. The maximum atomic E-state index is 5.16. The van der Waals surface area contributed by atoms with Gasteiger partial charge in [-0.15, -0.1) is 0 Å². The van der Waals surface area contributed by atoms with Gasteiger partial charge in [0.1, 0.15) is 0 Å². The van der Waals surface area contributed by atoms with Gasteiger partial charge in [0.05, 0.1) is 6.61 Å². The molecular weight excluding hydrogens is 200 g/mol. The van der Waals surface area contributed by atoms with Crippen LogP contribution in [0.15, 0.2) is 0 Å². The summed E-state index contributed by atoms with van der Waals surface area (Å²) in [7, 11) is 1.78. The molecule has 1 N–H and O–H groups in total. The molecule has 1 rings (SSSR count). The number of ether oxygens (including phenoxy) is 1. The molecule has 3 nitrogen and oxygen atoms in total. The summed E-state index contributed by atoms with van der Waals surface area (Å²) in [4.78, 5) is 2.56. The summed E-state index contributed by atoms with van der Waals surface area (Å²) < 4.78 is 5.16. The Morgan fingerprint density at radius 2 is 2.00 bits per heavy atom. The van der Waals surface area contributed by atoms with Crippen molar-refractivity contribution in [3.63, 3.8) is 0 Å². The van der Waals surface area contributed by atoms with Gasteiger partial charge in [0, 0.05) is 38.3 Å². The first kappa shape index (κ1) is 13.9. The molecule has 0 heterocycles. The summed E-state index contributed by atoms with van der Waals surface area (Å²) in [5, 5.41) is 3.62. The predicted molar refractivity (Wildman–Crippen MR) is 68.8 cm³/mol. The molecule has 0 amide bonds. The Morgan fingerprint density at radius 3 is 2.50 bits per heavy atom. The van der Waals surface area contributed by atoms with Gasteiger partial charge in [-0.25, -0.2) is 0 Å². The Labute approximate surface area is 101 Å². The van der Waals surface area contributed by atoms with Crippen LogP contribution in [-0.2, 0) is 4.74 Å². The van der Waals surface area contributed by atoms with Crippen LogP contribution in [0, 0.1) is 0 Å². The van der Waals surface area contributed by atoms with Crippen LogP contribution >= 0.6 is 0 Å². The largest absolute Gasteiger partial charge is 0.383 e. The quantitative estimate of drug-likeness (QED) is 0.652. The summed E-state index contributed by atoms with van der Waals surface area (Å²) in [5.41, 5.74) is 0.274. The number of rotatable bonds is 9. The predicted octanol–water partition coefficient (Wildman–Crippen LogP) is 1.88. The first-order chi connectivity index (χ1) is 7.59. The molecule has 0 aromatic heterocycles. The Hall–Kier alpha value is -0.120.